The zero-order chi connectivity index (χ0) is 13.1. The van der Waals surface area contributed by atoms with Gasteiger partial charge >= 0.3 is 0 Å². The van der Waals surface area contributed by atoms with E-state index in [4.69, 9.17) is 0 Å². The zero-order valence-corrected chi connectivity index (χ0v) is 11.6. The highest BCUT2D eigenvalue weighted by molar-refractivity contribution is 5.96. The van der Waals surface area contributed by atoms with E-state index in [0.717, 1.165) is 12.8 Å². The van der Waals surface area contributed by atoms with E-state index in [2.05, 4.69) is 24.2 Å². The molecule has 4 heteroatoms. The lowest BCUT2D eigenvalue weighted by Gasteiger charge is -2.34. The van der Waals surface area contributed by atoms with E-state index in [-0.39, 0.29) is 11.7 Å². The molecule has 0 amide bonds. The monoisotopic (exact) mass is 249 g/mol. The van der Waals surface area contributed by atoms with Crippen LogP contribution in [0.3, 0.4) is 0 Å². The summed E-state index contributed by atoms with van der Waals surface area (Å²) in [7, 11) is 1.79. The Balaban J connectivity index is 2.19. The lowest BCUT2D eigenvalue weighted by molar-refractivity contribution is 0.0752. The summed E-state index contributed by atoms with van der Waals surface area (Å²) in [5, 5.41) is 7.69. The van der Waals surface area contributed by atoms with Crippen LogP contribution in [0.25, 0.3) is 0 Å². The number of ketones is 1. The van der Waals surface area contributed by atoms with Crippen molar-refractivity contribution < 1.29 is 4.79 Å². The molecule has 0 radical (unpaired) electrons. The molecule has 0 bridgehead atoms. The van der Waals surface area contributed by atoms with Crippen LogP contribution in [-0.4, -0.2) is 20.8 Å². The normalized spacial score (nSPS) is 25.9. The molecule has 1 aliphatic rings. The van der Waals surface area contributed by atoms with Crippen LogP contribution in [0.1, 0.15) is 56.4 Å². The van der Waals surface area contributed by atoms with Gasteiger partial charge in [0.1, 0.15) is 5.69 Å². The molecule has 1 saturated carbocycles. The highest BCUT2D eigenvalue weighted by Gasteiger charge is 2.35. The van der Waals surface area contributed by atoms with Crippen molar-refractivity contribution >= 4 is 5.78 Å². The Labute approximate surface area is 109 Å². The Hall–Kier alpha value is -1.19. The molecule has 18 heavy (non-hydrogen) atoms. The Morgan fingerprint density at radius 1 is 1.50 bits per heavy atom. The van der Waals surface area contributed by atoms with Crippen LogP contribution in [0.5, 0.6) is 0 Å². The average Bonchev–Trinajstić information content (AvgIpc) is 2.83. The minimum atomic E-state index is 0.172. The summed E-state index contributed by atoms with van der Waals surface area (Å²) in [6, 6.07) is 0. The fourth-order valence-corrected chi connectivity index (χ4v) is 3.17. The third-order valence-corrected chi connectivity index (χ3v) is 4.50. The summed E-state index contributed by atoms with van der Waals surface area (Å²) in [4.78, 5) is 12.6. The van der Waals surface area contributed by atoms with Gasteiger partial charge in [-0.1, -0.05) is 38.3 Å². The van der Waals surface area contributed by atoms with Gasteiger partial charge in [-0.15, -0.1) is 5.10 Å². The second kappa shape index (κ2) is 5.63. The maximum atomic E-state index is 12.6. The molecule has 0 aromatic carbocycles. The van der Waals surface area contributed by atoms with Crippen LogP contribution in [0.4, 0.5) is 0 Å². The number of carbonyl (C=O) groups excluding carboxylic acids is 1. The van der Waals surface area contributed by atoms with Crippen LogP contribution in [0.15, 0.2) is 6.20 Å². The molecule has 1 aromatic heterocycles. The Bertz CT molecular complexity index is 413. The first-order valence-electron chi connectivity index (χ1n) is 7.04. The third-order valence-electron chi connectivity index (χ3n) is 4.50. The molecule has 1 heterocycles. The van der Waals surface area contributed by atoms with Gasteiger partial charge in [-0.25, -0.2) is 4.68 Å². The van der Waals surface area contributed by atoms with Gasteiger partial charge in [0, 0.05) is 13.0 Å². The third kappa shape index (κ3) is 2.47. The molecule has 100 valence electrons. The number of hydrogen-bond acceptors (Lipinski definition) is 3. The molecule has 0 N–H and O–H groups in total. The maximum Gasteiger partial charge on any atom is 0.185 e. The first-order valence-corrected chi connectivity index (χ1v) is 7.04. The Morgan fingerprint density at radius 2 is 2.22 bits per heavy atom. The predicted octanol–water partition coefficient (Wildman–Crippen LogP) is 2.85. The van der Waals surface area contributed by atoms with E-state index in [1.807, 2.05) is 0 Å². The summed E-state index contributed by atoms with van der Waals surface area (Å²) < 4.78 is 1.60. The number of aromatic nitrogens is 3. The smallest absolute Gasteiger partial charge is 0.185 e. The maximum absolute atomic E-state index is 12.6. The van der Waals surface area contributed by atoms with Crippen molar-refractivity contribution in [3.63, 3.8) is 0 Å². The second-order valence-corrected chi connectivity index (χ2v) is 5.55. The standard InChI is InChI=1S/C14H23N3O/c1-4-10(2)11-7-5-6-8-12(11)14(18)13-9-15-16-17(13)3/h9-12H,4-8H2,1-3H3. The van der Waals surface area contributed by atoms with Crippen LogP contribution in [0, 0.1) is 17.8 Å². The van der Waals surface area contributed by atoms with Gasteiger partial charge < -0.3 is 0 Å². The Morgan fingerprint density at radius 3 is 2.83 bits per heavy atom. The van der Waals surface area contributed by atoms with E-state index in [1.165, 1.54) is 19.3 Å². The molecule has 1 aromatic rings. The molecule has 0 aliphatic heterocycles. The van der Waals surface area contributed by atoms with E-state index in [0.29, 0.717) is 17.5 Å². The van der Waals surface area contributed by atoms with Gasteiger partial charge in [0.25, 0.3) is 0 Å². The van der Waals surface area contributed by atoms with E-state index in [1.54, 1.807) is 17.9 Å². The van der Waals surface area contributed by atoms with Crippen molar-refractivity contribution in [2.24, 2.45) is 24.8 Å². The molecule has 3 unspecified atom stereocenters. The first-order chi connectivity index (χ1) is 8.65. The van der Waals surface area contributed by atoms with E-state index < -0.39 is 0 Å². The van der Waals surface area contributed by atoms with Crippen molar-refractivity contribution in [3.8, 4) is 0 Å². The fraction of sp³-hybridized carbons (Fsp3) is 0.786. The summed E-state index contributed by atoms with van der Waals surface area (Å²) in [6.45, 7) is 4.49. The number of Topliss-reactive ketones (excluding diaryl/α,β-unsaturated/α-hetero) is 1. The van der Waals surface area contributed by atoms with Gasteiger partial charge in [-0.05, 0) is 24.7 Å². The highest BCUT2D eigenvalue weighted by Crippen LogP contribution is 2.38. The van der Waals surface area contributed by atoms with Crippen LogP contribution >= 0.6 is 0 Å². The lowest BCUT2D eigenvalue weighted by atomic mass is 9.70. The summed E-state index contributed by atoms with van der Waals surface area (Å²) in [5.41, 5.74) is 0.662. The molecule has 2 rings (SSSR count). The minimum Gasteiger partial charge on any atom is -0.292 e. The average molecular weight is 249 g/mol. The van der Waals surface area contributed by atoms with Gasteiger partial charge in [-0.3, -0.25) is 4.79 Å². The molecule has 0 spiro atoms. The second-order valence-electron chi connectivity index (χ2n) is 5.55. The van der Waals surface area contributed by atoms with Crippen LogP contribution < -0.4 is 0 Å². The minimum absolute atomic E-state index is 0.172. The molecule has 4 nitrogen and oxygen atoms in total. The largest absolute Gasteiger partial charge is 0.292 e. The van der Waals surface area contributed by atoms with Crippen molar-refractivity contribution in [3.05, 3.63) is 11.9 Å². The van der Waals surface area contributed by atoms with Crippen molar-refractivity contribution in [1.29, 1.82) is 0 Å². The molecular formula is C14H23N3O. The van der Waals surface area contributed by atoms with Crippen LogP contribution in [-0.2, 0) is 7.05 Å². The van der Waals surface area contributed by atoms with Gasteiger partial charge in [0.05, 0.1) is 6.20 Å². The summed E-state index contributed by atoms with van der Waals surface area (Å²) in [6.07, 6.45) is 7.41. The topological polar surface area (TPSA) is 47.8 Å². The lowest BCUT2D eigenvalue weighted by Crippen LogP contribution is -2.32. The van der Waals surface area contributed by atoms with Gasteiger partial charge in [0.2, 0.25) is 0 Å². The number of carbonyl (C=O) groups is 1. The van der Waals surface area contributed by atoms with E-state index in [9.17, 15) is 4.79 Å². The van der Waals surface area contributed by atoms with Crippen molar-refractivity contribution in [2.45, 2.75) is 46.0 Å². The molecule has 3 atom stereocenters. The molecule has 1 fully saturated rings. The number of rotatable bonds is 4. The molecular weight excluding hydrogens is 226 g/mol. The quantitative estimate of drug-likeness (QED) is 0.771. The van der Waals surface area contributed by atoms with E-state index >= 15 is 0 Å². The highest BCUT2D eigenvalue weighted by atomic mass is 16.1. The SMILES string of the molecule is CCC(C)C1CCCCC1C(=O)c1cnnn1C. The zero-order valence-electron chi connectivity index (χ0n) is 11.6. The number of nitrogens with zero attached hydrogens (tertiary/aromatic N) is 3. The molecule has 1 aliphatic carbocycles. The molecule has 0 saturated heterocycles. The van der Waals surface area contributed by atoms with Crippen molar-refractivity contribution in [1.82, 2.24) is 15.0 Å². The number of aryl methyl sites for hydroxylation is 1. The van der Waals surface area contributed by atoms with Crippen molar-refractivity contribution in [2.75, 3.05) is 0 Å². The van der Waals surface area contributed by atoms with Crippen LogP contribution in [0.2, 0.25) is 0 Å². The summed E-state index contributed by atoms with van der Waals surface area (Å²) in [5.74, 6) is 1.57. The number of hydrogen-bond donors (Lipinski definition) is 0. The van der Waals surface area contributed by atoms with Gasteiger partial charge in [-0.2, -0.15) is 0 Å². The Kier molecular flexibility index (Phi) is 4.15. The first kappa shape index (κ1) is 13.2. The predicted molar refractivity (Wildman–Crippen MR) is 70.2 cm³/mol. The fourth-order valence-electron chi connectivity index (χ4n) is 3.17. The summed E-state index contributed by atoms with van der Waals surface area (Å²) >= 11 is 0. The van der Waals surface area contributed by atoms with Gasteiger partial charge in [0.15, 0.2) is 5.78 Å².